The van der Waals surface area contributed by atoms with Crippen LogP contribution in [0.1, 0.15) is 25.2 Å². The van der Waals surface area contributed by atoms with Crippen LogP contribution in [-0.2, 0) is 9.59 Å². The Bertz CT molecular complexity index is 1010. The van der Waals surface area contributed by atoms with Crippen molar-refractivity contribution in [1.29, 1.82) is 0 Å². The van der Waals surface area contributed by atoms with Crippen LogP contribution in [0.4, 0.5) is 0 Å². The van der Waals surface area contributed by atoms with Gasteiger partial charge in [0.05, 0.1) is 20.9 Å². The van der Waals surface area contributed by atoms with Crippen molar-refractivity contribution in [2.24, 2.45) is 0 Å². The van der Waals surface area contributed by atoms with E-state index in [9.17, 15) is 9.59 Å². The van der Waals surface area contributed by atoms with Gasteiger partial charge in [0.1, 0.15) is 5.82 Å². The first-order valence-electron chi connectivity index (χ1n) is 8.09. The molecule has 26 heavy (non-hydrogen) atoms. The number of hydrogen-bond acceptors (Lipinski definition) is 5. The monoisotopic (exact) mass is 400 g/mol. The number of nitrogens with zero attached hydrogens (tertiary/aromatic N) is 1. The van der Waals surface area contributed by atoms with Gasteiger partial charge in [0.2, 0.25) is 10.2 Å². The SMILES string of the molecule is CC12SC(=O)C=C1c1nc(-c3ccc(Cl)cc3)[nH]c1C1=CC(=O)SC12C. The minimum Gasteiger partial charge on any atom is -0.338 e. The Morgan fingerprint density at radius 1 is 0.962 bits per heavy atom. The number of nitrogens with one attached hydrogen (secondary N) is 1. The molecule has 0 spiro atoms. The van der Waals surface area contributed by atoms with Crippen molar-refractivity contribution in [3.63, 3.8) is 0 Å². The van der Waals surface area contributed by atoms with E-state index >= 15 is 0 Å². The molecule has 2 unspecified atom stereocenters. The Balaban J connectivity index is 1.77. The van der Waals surface area contributed by atoms with Crippen LogP contribution < -0.4 is 0 Å². The molecule has 0 bridgehead atoms. The number of imidazole rings is 1. The summed E-state index contributed by atoms with van der Waals surface area (Å²) >= 11 is 8.56. The smallest absolute Gasteiger partial charge is 0.213 e. The second kappa shape index (κ2) is 5.15. The molecule has 7 heteroatoms. The number of aromatic nitrogens is 2. The number of hydrogen-bond donors (Lipinski definition) is 1. The van der Waals surface area contributed by atoms with Crippen LogP contribution in [0, 0.1) is 0 Å². The molecule has 1 aromatic heterocycles. The van der Waals surface area contributed by atoms with Crippen molar-refractivity contribution in [3.05, 3.63) is 52.8 Å². The fourth-order valence-corrected chi connectivity index (χ4v) is 6.58. The molecule has 2 atom stereocenters. The van der Waals surface area contributed by atoms with Crippen molar-refractivity contribution in [1.82, 2.24) is 9.97 Å². The lowest BCUT2D eigenvalue weighted by Crippen LogP contribution is -2.47. The number of rotatable bonds is 1. The van der Waals surface area contributed by atoms with Gasteiger partial charge in [-0.2, -0.15) is 0 Å². The first kappa shape index (κ1) is 16.4. The number of carbonyl (C=O) groups is 2. The number of benzene rings is 1. The summed E-state index contributed by atoms with van der Waals surface area (Å²) < 4.78 is -1.03. The van der Waals surface area contributed by atoms with Crippen LogP contribution >= 0.6 is 35.1 Å². The van der Waals surface area contributed by atoms with E-state index in [0.29, 0.717) is 10.8 Å². The zero-order chi connectivity index (χ0) is 18.3. The van der Waals surface area contributed by atoms with Crippen molar-refractivity contribution >= 4 is 56.5 Å². The number of aromatic amines is 1. The van der Waals surface area contributed by atoms with Crippen LogP contribution in [0.2, 0.25) is 5.02 Å². The van der Waals surface area contributed by atoms with Gasteiger partial charge in [-0.25, -0.2) is 4.98 Å². The number of thioether (sulfide) groups is 2. The molecule has 1 aromatic carbocycles. The maximum Gasteiger partial charge on any atom is 0.213 e. The van der Waals surface area contributed by atoms with Gasteiger partial charge in [-0.05, 0) is 50.3 Å². The molecule has 4 nitrogen and oxygen atoms in total. The Labute approximate surface area is 163 Å². The summed E-state index contributed by atoms with van der Waals surface area (Å²) in [5.74, 6) is 0.703. The van der Waals surface area contributed by atoms with E-state index in [0.717, 1.165) is 28.1 Å². The Morgan fingerprint density at radius 3 is 2.19 bits per heavy atom. The second-order valence-corrected chi connectivity index (χ2v) is 10.1. The van der Waals surface area contributed by atoms with E-state index in [4.69, 9.17) is 16.6 Å². The van der Waals surface area contributed by atoms with E-state index < -0.39 is 9.49 Å². The Morgan fingerprint density at radius 2 is 1.54 bits per heavy atom. The average molecular weight is 401 g/mol. The van der Waals surface area contributed by atoms with Crippen LogP contribution in [0.25, 0.3) is 22.5 Å². The van der Waals surface area contributed by atoms with Gasteiger partial charge in [0, 0.05) is 21.7 Å². The molecule has 5 rings (SSSR count). The highest BCUT2D eigenvalue weighted by Crippen LogP contribution is 2.66. The Hall–Kier alpha value is -1.76. The summed E-state index contributed by atoms with van der Waals surface area (Å²) in [7, 11) is 0. The minimum absolute atomic E-state index is 0.00640. The minimum atomic E-state index is -0.522. The van der Waals surface area contributed by atoms with Gasteiger partial charge in [0.25, 0.3) is 0 Å². The highest BCUT2D eigenvalue weighted by Gasteiger charge is 2.62. The number of fused-ring (bicyclic) bond motifs is 6. The summed E-state index contributed by atoms with van der Waals surface area (Å²) in [5.41, 5.74) is 4.30. The van der Waals surface area contributed by atoms with E-state index in [1.165, 1.54) is 23.5 Å². The van der Waals surface area contributed by atoms with Gasteiger partial charge in [-0.1, -0.05) is 35.1 Å². The molecule has 3 aliphatic rings. The summed E-state index contributed by atoms with van der Waals surface area (Å²) in [6.45, 7) is 4.08. The molecule has 1 aliphatic carbocycles. The number of halogens is 1. The first-order valence-corrected chi connectivity index (χ1v) is 10.1. The van der Waals surface area contributed by atoms with Gasteiger partial charge in [-0.15, -0.1) is 0 Å². The number of H-pyrrole nitrogens is 1. The average Bonchev–Trinajstić information content (AvgIpc) is 3.22. The van der Waals surface area contributed by atoms with Crippen molar-refractivity contribution in [3.8, 4) is 11.4 Å². The molecule has 0 fully saturated rings. The topological polar surface area (TPSA) is 62.8 Å². The quantitative estimate of drug-likeness (QED) is 0.759. The van der Waals surface area contributed by atoms with E-state index in [-0.39, 0.29) is 10.2 Å². The fraction of sp³-hybridized carbons (Fsp3) is 0.211. The molecular weight excluding hydrogens is 388 g/mol. The normalized spacial score (nSPS) is 29.2. The van der Waals surface area contributed by atoms with Crippen molar-refractivity contribution in [2.75, 3.05) is 0 Å². The van der Waals surface area contributed by atoms with E-state index in [1.54, 1.807) is 12.2 Å². The molecule has 0 saturated carbocycles. The molecule has 130 valence electrons. The van der Waals surface area contributed by atoms with Gasteiger partial charge >= 0.3 is 0 Å². The third kappa shape index (κ3) is 1.98. The van der Waals surface area contributed by atoms with Crippen LogP contribution in [0.5, 0.6) is 0 Å². The lowest BCUT2D eigenvalue weighted by molar-refractivity contribution is -0.107. The first-order chi connectivity index (χ1) is 12.3. The van der Waals surface area contributed by atoms with Crippen molar-refractivity contribution < 1.29 is 9.59 Å². The third-order valence-corrected chi connectivity index (χ3v) is 8.51. The largest absolute Gasteiger partial charge is 0.338 e. The Kier molecular flexibility index (Phi) is 3.25. The summed E-state index contributed by atoms with van der Waals surface area (Å²) in [4.78, 5) is 32.7. The van der Waals surface area contributed by atoms with Crippen LogP contribution in [-0.4, -0.2) is 29.7 Å². The maximum absolute atomic E-state index is 12.3. The highest BCUT2D eigenvalue weighted by molar-refractivity contribution is 8.20. The molecule has 1 N–H and O–H groups in total. The van der Waals surface area contributed by atoms with Crippen LogP contribution in [0.3, 0.4) is 0 Å². The molecule has 2 aromatic rings. The lowest BCUT2D eigenvalue weighted by atomic mass is 9.73. The lowest BCUT2D eigenvalue weighted by Gasteiger charge is -2.45. The second-order valence-electron chi connectivity index (χ2n) is 6.84. The predicted octanol–water partition coefficient (Wildman–Crippen LogP) is 4.57. The van der Waals surface area contributed by atoms with Gasteiger partial charge in [0.15, 0.2) is 0 Å². The van der Waals surface area contributed by atoms with Gasteiger partial charge in [-0.3, -0.25) is 9.59 Å². The molecule has 0 saturated heterocycles. The molecule has 3 heterocycles. The molecule has 0 amide bonds. The molecular formula is C19H13ClN2O2S2. The number of carbonyl (C=O) groups excluding carboxylic acids is 2. The van der Waals surface area contributed by atoms with E-state index in [1.807, 2.05) is 38.1 Å². The van der Waals surface area contributed by atoms with Gasteiger partial charge < -0.3 is 4.98 Å². The fourth-order valence-electron chi connectivity index (χ4n) is 3.90. The van der Waals surface area contributed by atoms with E-state index in [2.05, 4.69) is 4.98 Å². The predicted molar refractivity (Wildman–Crippen MR) is 107 cm³/mol. The van der Waals surface area contributed by atoms with Crippen molar-refractivity contribution in [2.45, 2.75) is 23.3 Å². The summed E-state index contributed by atoms with van der Waals surface area (Å²) in [6.07, 6.45) is 3.35. The van der Waals surface area contributed by atoms with Crippen LogP contribution in [0.15, 0.2) is 36.4 Å². The zero-order valence-corrected chi connectivity index (χ0v) is 16.3. The highest BCUT2D eigenvalue weighted by atomic mass is 35.5. The summed E-state index contributed by atoms with van der Waals surface area (Å²) in [6, 6.07) is 7.43. The molecule has 0 radical (unpaired) electrons. The zero-order valence-electron chi connectivity index (χ0n) is 13.9. The summed E-state index contributed by atoms with van der Waals surface area (Å²) in [5, 5.41) is 0.677. The maximum atomic E-state index is 12.3. The standard InChI is InChI=1S/C19H13ClN2O2S2/c1-18-11(7-13(23)25-18)15-16(12-8-14(24)26-19(12,18)2)22-17(21-15)9-3-5-10(20)6-4-9/h3-8H,1-2H3,(H,21,22). The molecule has 2 aliphatic heterocycles. The third-order valence-electron chi connectivity index (χ3n) is 5.42.